The molecule has 0 aromatic carbocycles. The van der Waals surface area contributed by atoms with Crippen molar-refractivity contribution in [2.24, 2.45) is 0 Å². The second-order valence-electron chi connectivity index (χ2n) is 16.0. The van der Waals surface area contributed by atoms with Crippen molar-refractivity contribution in [1.29, 1.82) is 0 Å². The van der Waals surface area contributed by atoms with Crippen molar-refractivity contribution < 1.29 is 34.8 Å². The van der Waals surface area contributed by atoms with Gasteiger partial charge in [-0.05, 0) is 125 Å². The summed E-state index contributed by atoms with van der Waals surface area (Å²) in [4.78, 5) is 18.7. The summed E-state index contributed by atoms with van der Waals surface area (Å²) in [7, 11) is -1.16. The molecule has 0 bridgehead atoms. The van der Waals surface area contributed by atoms with E-state index in [-0.39, 0.29) is 87.1 Å². The van der Waals surface area contributed by atoms with Crippen molar-refractivity contribution in [3.8, 4) is 0 Å². The van der Waals surface area contributed by atoms with Gasteiger partial charge >= 0.3 is 22.4 Å². The number of hydrogen-bond acceptors (Lipinski definition) is 4. The first-order valence-electron chi connectivity index (χ1n) is 17.1. The summed E-state index contributed by atoms with van der Waals surface area (Å²) in [6.07, 6.45) is 12.6. The second kappa shape index (κ2) is 21.3. The molecule has 4 aromatic rings. The van der Waals surface area contributed by atoms with Crippen LogP contribution in [0.25, 0.3) is 0 Å². The van der Waals surface area contributed by atoms with Gasteiger partial charge in [-0.3, -0.25) is 19.9 Å². The molecule has 10 heteroatoms. The van der Waals surface area contributed by atoms with E-state index in [2.05, 4.69) is 152 Å². The summed E-state index contributed by atoms with van der Waals surface area (Å²) in [6, 6.07) is 25.3. The van der Waals surface area contributed by atoms with Crippen LogP contribution in [-0.2, 0) is 22.4 Å². The summed E-state index contributed by atoms with van der Waals surface area (Å²) >= 11 is 0. The zero-order chi connectivity index (χ0) is 35.6. The van der Waals surface area contributed by atoms with Gasteiger partial charge in [0, 0.05) is 24.8 Å². The van der Waals surface area contributed by atoms with Crippen LogP contribution >= 0.6 is 31.7 Å². The van der Waals surface area contributed by atoms with Gasteiger partial charge < -0.3 is 12.4 Å². The quantitative estimate of drug-likeness (QED) is 0.127. The van der Waals surface area contributed by atoms with Gasteiger partial charge in [-0.1, -0.05) is 107 Å². The molecule has 4 heterocycles. The van der Waals surface area contributed by atoms with Crippen LogP contribution in [0.15, 0.2) is 97.6 Å². The Kier molecular flexibility index (Phi) is 20.2. The van der Waals surface area contributed by atoms with Crippen molar-refractivity contribution in [3.63, 3.8) is 0 Å². The molecule has 278 valence electrons. The predicted octanol–water partition coefficient (Wildman–Crippen LogP) is 6.98. The molecule has 0 aliphatic rings. The van der Waals surface area contributed by atoms with Gasteiger partial charge in [0.1, 0.15) is 0 Å². The maximum atomic E-state index is 4.68. The third-order valence-electron chi connectivity index (χ3n) is 8.04. The van der Waals surface area contributed by atoms with Crippen LogP contribution in [0.4, 0.5) is 0 Å². The van der Waals surface area contributed by atoms with Gasteiger partial charge in [0.25, 0.3) is 0 Å². The zero-order valence-corrected chi connectivity index (χ0v) is 38.8. The topological polar surface area (TPSA) is 51.6 Å². The number of halogens is 1. The molecule has 0 N–H and O–H groups in total. The minimum absolute atomic E-state index is 0. The Morgan fingerprint density at radius 1 is 0.360 bits per heavy atom. The van der Waals surface area contributed by atoms with E-state index in [0.29, 0.717) is 0 Å². The minimum atomic E-state index is -0.290. The van der Waals surface area contributed by atoms with Gasteiger partial charge in [0.05, 0.1) is 21.7 Å². The summed E-state index contributed by atoms with van der Waals surface area (Å²) in [5.41, 5.74) is 5.13. The average Bonchev–Trinajstić information content (AvgIpc) is 3.01. The Morgan fingerprint density at radius 3 is 0.660 bits per heavy atom. The maximum Gasteiger partial charge on any atom is 1.00 e. The van der Waals surface area contributed by atoms with Crippen molar-refractivity contribution >= 4 is 53.4 Å². The molecular formula is C40H60AuClN4P4. The normalized spacial score (nSPS) is 14.5. The smallest absolute Gasteiger partial charge is 1.00 e. The Morgan fingerprint density at radius 2 is 0.540 bits per heavy atom. The van der Waals surface area contributed by atoms with E-state index in [1.807, 2.05) is 49.1 Å². The summed E-state index contributed by atoms with van der Waals surface area (Å²) in [5.74, 6) is 0. The third-order valence-corrected chi connectivity index (χ3v) is 21.2. The van der Waals surface area contributed by atoms with Crippen LogP contribution in [0.1, 0.15) is 83.1 Å². The number of hydrogen-bond donors (Lipinski definition) is 0. The standard InChI is InChI=1S/2C20H30N2P2.Au.ClH/c2*1-19(2,3)23(17-11-7-9-13-21-17)15-16-24(20(4,5)6)18-12-8-10-14-22-18;;/h2*7-14H,15-16H2,1-6H3;;1H/q;;+1;/p-1/t2*23-,24-;;/m00../s1. The molecule has 0 unspecified atom stereocenters. The van der Waals surface area contributed by atoms with E-state index in [1.54, 1.807) is 0 Å². The fourth-order valence-electron chi connectivity index (χ4n) is 5.63. The molecule has 0 aliphatic heterocycles. The van der Waals surface area contributed by atoms with Crippen molar-refractivity contribution in [2.75, 3.05) is 24.6 Å². The first-order chi connectivity index (χ1) is 22.4. The monoisotopic (exact) mass is 952 g/mol. The van der Waals surface area contributed by atoms with Gasteiger partial charge in [0.15, 0.2) is 0 Å². The number of rotatable bonds is 10. The van der Waals surface area contributed by atoms with E-state index < -0.39 is 0 Å². The Hall–Kier alpha value is -0.650. The number of pyridine rings is 4. The van der Waals surface area contributed by atoms with Crippen molar-refractivity contribution in [1.82, 2.24) is 19.9 Å². The second-order valence-corrected chi connectivity index (χ2v) is 28.5. The molecular weight excluding hydrogens is 893 g/mol. The van der Waals surface area contributed by atoms with Crippen LogP contribution in [0.5, 0.6) is 0 Å². The van der Waals surface area contributed by atoms with Gasteiger partial charge in [-0.25, -0.2) is 0 Å². The summed E-state index contributed by atoms with van der Waals surface area (Å²) in [6.45, 7) is 28.3. The first-order valence-corrected chi connectivity index (χ1v) is 23.2. The molecule has 4 atom stereocenters. The molecule has 4 nitrogen and oxygen atoms in total. The molecule has 50 heavy (non-hydrogen) atoms. The number of nitrogens with zero attached hydrogens (tertiary/aromatic N) is 4. The van der Waals surface area contributed by atoms with Crippen LogP contribution < -0.4 is 34.1 Å². The number of aromatic nitrogens is 4. The minimum Gasteiger partial charge on any atom is -1.00 e. The van der Waals surface area contributed by atoms with Gasteiger partial charge in [-0.2, -0.15) is 0 Å². The molecule has 4 rings (SSSR count). The first kappa shape index (κ1) is 47.4. The fraction of sp³-hybridized carbons (Fsp3) is 0.500. The van der Waals surface area contributed by atoms with Crippen molar-refractivity contribution in [3.05, 3.63) is 97.6 Å². The van der Waals surface area contributed by atoms with Crippen LogP contribution in [0.3, 0.4) is 0 Å². The van der Waals surface area contributed by atoms with Crippen LogP contribution in [0.2, 0.25) is 0 Å². The van der Waals surface area contributed by atoms with Crippen LogP contribution in [0, 0.1) is 0 Å². The average molecular weight is 953 g/mol. The van der Waals surface area contributed by atoms with E-state index >= 15 is 0 Å². The zero-order valence-electron chi connectivity index (χ0n) is 32.3. The molecule has 0 fully saturated rings. The fourth-order valence-corrected chi connectivity index (χ4v) is 17.1. The van der Waals surface area contributed by atoms with E-state index in [4.69, 9.17) is 0 Å². The summed E-state index contributed by atoms with van der Waals surface area (Å²) < 4.78 is 0. The molecule has 0 aliphatic carbocycles. The SMILES string of the molecule is CC(C)(C)[P@@](CC[P@@](c1ccccn1)C(C)(C)C)c1ccccn1.CC(C)(C)[P@@](CC[P@@](c1ccccn1)C(C)(C)C)c1ccccn1.[Au+].[Cl-]. The molecule has 0 saturated heterocycles. The van der Waals surface area contributed by atoms with E-state index in [0.717, 1.165) is 0 Å². The van der Waals surface area contributed by atoms with Crippen molar-refractivity contribution in [2.45, 2.75) is 104 Å². The van der Waals surface area contributed by atoms with Crippen LogP contribution in [-0.4, -0.2) is 65.2 Å². The molecule has 0 amide bonds. The maximum absolute atomic E-state index is 4.68. The molecule has 0 spiro atoms. The Balaban J connectivity index is 0.000000481. The predicted molar refractivity (Wildman–Crippen MR) is 222 cm³/mol. The van der Waals surface area contributed by atoms with Gasteiger partial charge in [0.2, 0.25) is 0 Å². The Bertz CT molecular complexity index is 1250. The van der Waals surface area contributed by atoms with E-state index in [9.17, 15) is 0 Å². The van der Waals surface area contributed by atoms with Gasteiger partial charge in [-0.15, -0.1) is 0 Å². The third kappa shape index (κ3) is 15.4. The Labute approximate surface area is 332 Å². The largest absolute Gasteiger partial charge is 1.00 e. The molecule has 0 saturated carbocycles. The summed E-state index contributed by atoms with van der Waals surface area (Å²) in [5, 5.41) is 1.08. The van der Waals surface area contributed by atoms with E-state index in [1.165, 1.54) is 46.4 Å². The molecule has 4 aromatic heterocycles. The molecule has 0 radical (unpaired) electrons.